The summed E-state index contributed by atoms with van der Waals surface area (Å²) in [6.07, 6.45) is 5.89. The van der Waals surface area contributed by atoms with E-state index < -0.39 is 0 Å². The molecule has 0 unspecified atom stereocenters. The number of pyridine rings is 1. The van der Waals surface area contributed by atoms with Crippen molar-refractivity contribution in [2.24, 2.45) is 0 Å². The highest BCUT2D eigenvalue weighted by Gasteiger charge is 2.51. The number of hydrogen-bond acceptors (Lipinski definition) is 5. The van der Waals surface area contributed by atoms with Gasteiger partial charge < -0.3 is 19.1 Å². The summed E-state index contributed by atoms with van der Waals surface area (Å²) in [4.78, 5) is 8.72. The lowest BCUT2D eigenvalue weighted by molar-refractivity contribution is 0.00578. The maximum absolute atomic E-state index is 6.03. The fraction of sp³-hybridized carbons (Fsp3) is 0.533. The fourth-order valence-electron chi connectivity index (χ4n) is 2.36. The lowest BCUT2D eigenvalue weighted by atomic mass is 9.80. The van der Waals surface area contributed by atoms with Gasteiger partial charge in [-0.15, -0.1) is 0 Å². The highest BCUT2D eigenvalue weighted by atomic mass is 16.7. The third-order valence-corrected chi connectivity index (χ3v) is 4.47. The van der Waals surface area contributed by atoms with Crippen LogP contribution in [0, 0.1) is 0 Å². The second-order valence-electron chi connectivity index (χ2n) is 6.70. The zero-order valence-electron chi connectivity index (χ0n) is 13.3. The van der Waals surface area contributed by atoms with Crippen LogP contribution in [0.25, 0.3) is 0 Å². The molecular formula is C15H22BN3O2. The third kappa shape index (κ3) is 2.54. The van der Waals surface area contributed by atoms with Gasteiger partial charge in [-0.2, -0.15) is 0 Å². The van der Waals surface area contributed by atoms with E-state index in [1.807, 2.05) is 37.8 Å². The minimum Gasteiger partial charge on any atom is -0.399 e. The molecule has 1 fully saturated rings. The highest BCUT2D eigenvalue weighted by molar-refractivity contribution is 6.62. The predicted molar refractivity (Wildman–Crippen MR) is 84.2 cm³/mol. The van der Waals surface area contributed by atoms with E-state index in [1.54, 1.807) is 0 Å². The number of aromatic nitrogens is 1. The fourth-order valence-corrected chi connectivity index (χ4v) is 2.36. The molecule has 0 aliphatic carbocycles. The molecule has 2 aliphatic heterocycles. The van der Waals surface area contributed by atoms with Crippen molar-refractivity contribution in [3.8, 4) is 0 Å². The molecule has 0 N–H and O–H groups in total. The molecule has 1 saturated heterocycles. The van der Waals surface area contributed by atoms with Crippen LogP contribution >= 0.6 is 0 Å². The maximum atomic E-state index is 6.03. The van der Waals surface area contributed by atoms with E-state index in [1.165, 1.54) is 0 Å². The van der Waals surface area contributed by atoms with Gasteiger partial charge in [0.05, 0.1) is 17.9 Å². The molecule has 0 radical (unpaired) electrons. The summed E-state index contributed by atoms with van der Waals surface area (Å²) in [6, 6.07) is 4.03. The topological polar surface area (TPSA) is 37.8 Å². The molecule has 1 aromatic heterocycles. The Morgan fingerprint density at radius 3 is 2.24 bits per heavy atom. The first kappa shape index (κ1) is 14.4. The summed E-state index contributed by atoms with van der Waals surface area (Å²) in [5.74, 6) is 0.927. The quantitative estimate of drug-likeness (QED) is 0.772. The Balaban J connectivity index is 1.75. The van der Waals surface area contributed by atoms with Crippen molar-refractivity contribution in [2.45, 2.75) is 38.9 Å². The molecule has 1 aromatic rings. The molecule has 0 amide bonds. The van der Waals surface area contributed by atoms with Crippen LogP contribution in [0.3, 0.4) is 0 Å². The van der Waals surface area contributed by atoms with Crippen LogP contribution in [0.4, 0.5) is 5.82 Å². The van der Waals surface area contributed by atoms with Gasteiger partial charge in [0, 0.05) is 31.1 Å². The largest absolute Gasteiger partial charge is 0.496 e. The van der Waals surface area contributed by atoms with Gasteiger partial charge in [0.2, 0.25) is 0 Å². The SMILES string of the molecule is CN1C=CN(c2ccc(B3OC(C)(C)C(C)(C)O3)cn2)C1. The summed E-state index contributed by atoms with van der Waals surface area (Å²) in [5.41, 5.74) is 0.307. The number of nitrogens with zero attached hydrogens (tertiary/aromatic N) is 3. The first-order chi connectivity index (χ1) is 9.78. The lowest BCUT2D eigenvalue weighted by Gasteiger charge is -2.32. The predicted octanol–water partition coefficient (Wildman–Crippen LogP) is 1.56. The van der Waals surface area contributed by atoms with Crippen molar-refractivity contribution < 1.29 is 9.31 Å². The van der Waals surface area contributed by atoms with Crippen LogP contribution in [-0.4, -0.2) is 41.9 Å². The summed E-state index contributed by atoms with van der Waals surface area (Å²) < 4.78 is 12.1. The average Bonchev–Trinajstić information content (AvgIpc) is 2.92. The van der Waals surface area contributed by atoms with Gasteiger partial charge in [-0.05, 0) is 33.8 Å². The molecular weight excluding hydrogens is 265 g/mol. The van der Waals surface area contributed by atoms with Crippen LogP contribution in [0.5, 0.6) is 0 Å². The second kappa shape index (κ2) is 4.75. The van der Waals surface area contributed by atoms with E-state index in [4.69, 9.17) is 9.31 Å². The molecule has 0 spiro atoms. The number of hydrogen-bond donors (Lipinski definition) is 0. The van der Waals surface area contributed by atoms with E-state index in [0.29, 0.717) is 0 Å². The Morgan fingerprint density at radius 1 is 1.10 bits per heavy atom. The van der Waals surface area contributed by atoms with Gasteiger partial charge in [0.1, 0.15) is 5.82 Å². The lowest BCUT2D eigenvalue weighted by Crippen LogP contribution is -2.41. The van der Waals surface area contributed by atoms with Gasteiger partial charge >= 0.3 is 7.12 Å². The molecule has 112 valence electrons. The van der Waals surface area contributed by atoms with Crippen molar-refractivity contribution in [3.05, 3.63) is 30.7 Å². The van der Waals surface area contributed by atoms with Gasteiger partial charge in [0.25, 0.3) is 0 Å². The Hall–Kier alpha value is -1.53. The number of rotatable bonds is 2. The molecule has 21 heavy (non-hydrogen) atoms. The summed E-state index contributed by atoms with van der Waals surface area (Å²) >= 11 is 0. The van der Waals surface area contributed by atoms with Crippen LogP contribution in [0.1, 0.15) is 27.7 Å². The van der Waals surface area contributed by atoms with E-state index in [0.717, 1.165) is 17.9 Å². The minimum absolute atomic E-state index is 0.323. The molecule has 0 aromatic carbocycles. The van der Waals surface area contributed by atoms with E-state index in [-0.39, 0.29) is 18.3 Å². The van der Waals surface area contributed by atoms with Crippen LogP contribution in [-0.2, 0) is 9.31 Å². The van der Waals surface area contributed by atoms with Crippen LogP contribution < -0.4 is 10.4 Å². The normalized spacial score (nSPS) is 23.2. The summed E-state index contributed by atoms with van der Waals surface area (Å²) in [7, 11) is 1.68. The molecule has 0 atom stereocenters. The summed E-state index contributed by atoms with van der Waals surface area (Å²) in [5, 5.41) is 0. The Bertz CT molecular complexity index is 541. The van der Waals surface area contributed by atoms with Gasteiger partial charge in [-0.1, -0.05) is 6.07 Å². The Labute approximate surface area is 126 Å². The van der Waals surface area contributed by atoms with Crippen molar-refractivity contribution in [1.29, 1.82) is 0 Å². The third-order valence-electron chi connectivity index (χ3n) is 4.47. The molecule has 0 saturated carbocycles. The molecule has 6 heteroatoms. The van der Waals surface area contributed by atoms with E-state index in [9.17, 15) is 0 Å². The molecule has 3 heterocycles. The van der Waals surface area contributed by atoms with Gasteiger partial charge in [-0.25, -0.2) is 4.98 Å². The van der Waals surface area contributed by atoms with Crippen LogP contribution in [0.15, 0.2) is 30.7 Å². The van der Waals surface area contributed by atoms with Crippen molar-refractivity contribution in [2.75, 3.05) is 18.6 Å². The van der Waals surface area contributed by atoms with Crippen molar-refractivity contribution in [1.82, 2.24) is 9.88 Å². The van der Waals surface area contributed by atoms with E-state index >= 15 is 0 Å². The highest BCUT2D eigenvalue weighted by Crippen LogP contribution is 2.36. The Morgan fingerprint density at radius 2 is 1.76 bits per heavy atom. The van der Waals surface area contributed by atoms with Gasteiger partial charge in [0.15, 0.2) is 0 Å². The van der Waals surface area contributed by atoms with Crippen LogP contribution in [0.2, 0.25) is 0 Å². The van der Waals surface area contributed by atoms with E-state index in [2.05, 4.69) is 42.5 Å². The van der Waals surface area contributed by atoms with Crippen molar-refractivity contribution >= 4 is 18.4 Å². The zero-order chi connectivity index (χ0) is 15.3. The standard InChI is InChI=1S/C15H22BN3O2/c1-14(2)15(3,4)21-16(20-14)12-6-7-13(17-10-12)19-9-8-18(5)11-19/h6-10H,11H2,1-5H3. The molecule has 3 rings (SSSR count). The first-order valence-corrected chi connectivity index (χ1v) is 7.25. The zero-order valence-corrected chi connectivity index (χ0v) is 13.3. The first-order valence-electron chi connectivity index (χ1n) is 7.25. The average molecular weight is 287 g/mol. The Kier molecular flexibility index (Phi) is 3.26. The monoisotopic (exact) mass is 287 g/mol. The molecule has 5 nitrogen and oxygen atoms in total. The van der Waals surface area contributed by atoms with Crippen molar-refractivity contribution in [3.63, 3.8) is 0 Å². The summed E-state index contributed by atoms with van der Waals surface area (Å²) in [6.45, 7) is 9.04. The minimum atomic E-state index is -0.353. The van der Waals surface area contributed by atoms with Gasteiger partial charge in [-0.3, -0.25) is 0 Å². The smallest absolute Gasteiger partial charge is 0.399 e. The number of anilines is 1. The maximum Gasteiger partial charge on any atom is 0.496 e. The molecule has 2 aliphatic rings. The molecule has 0 bridgehead atoms. The second-order valence-corrected chi connectivity index (χ2v) is 6.70.